The zero-order chi connectivity index (χ0) is 17.2. The average molecular weight is 343 g/mol. The Balaban J connectivity index is 1.48. The summed E-state index contributed by atoms with van der Waals surface area (Å²) in [6, 6.07) is 0. The maximum absolute atomic E-state index is 12.8. The molecule has 0 spiro atoms. The summed E-state index contributed by atoms with van der Waals surface area (Å²) in [6.07, 6.45) is 9.29. The largest absolute Gasteiger partial charge is 0.454 e. The molecule has 2 aromatic rings. The van der Waals surface area contributed by atoms with Crippen molar-refractivity contribution in [3.05, 3.63) is 22.5 Å². The molecular formula is C17H21N5O3. The summed E-state index contributed by atoms with van der Waals surface area (Å²) in [5, 5.41) is 7.70. The Kier molecular flexibility index (Phi) is 3.08. The molecule has 4 saturated carbocycles. The van der Waals surface area contributed by atoms with Gasteiger partial charge in [-0.15, -0.1) is 5.10 Å². The number of aromatic nitrogens is 5. The van der Waals surface area contributed by atoms with E-state index in [0.717, 1.165) is 23.9 Å². The summed E-state index contributed by atoms with van der Waals surface area (Å²) in [4.78, 5) is 29.0. The third kappa shape index (κ3) is 2.30. The number of nitrogens with zero attached hydrogens (tertiary/aromatic N) is 5. The lowest BCUT2D eigenvalue weighted by Crippen LogP contribution is -2.46. The van der Waals surface area contributed by atoms with E-state index in [1.54, 1.807) is 0 Å². The number of carbonyl (C=O) groups excluding carboxylic acids is 1. The molecule has 25 heavy (non-hydrogen) atoms. The second-order valence-corrected chi connectivity index (χ2v) is 8.11. The minimum atomic E-state index is -0.480. The van der Waals surface area contributed by atoms with Crippen molar-refractivity contribution >= 4 is 11.6 Å². The van der Waals surface area contributed by atoms with Crippen molar-refractivity contribution < 1.29 is 9.53 Å². The summed E-state index contributed by atoms with van der Waals surface area (Å²) < 4.78 is 8.40. The van der Waals surface area contributed by atoms with Crippen molar-refractivity contribution in [1.82, 2.24) is 24.4 Å². The topological polar surface area (TPSA) is 91.4 Å². The first-order valence-corrected chi connectivity index (χ1v) is 9.03. The number of ether oxygens (including phenoxy) is 1. The molecule has 0 aliphatic heterocycles. The van der Waals surface area contributed by atoms with Crippen molar-refractivity contribution in [2.45, 2.75) is 50.5 Å². The number of esters is 1. The first-order valence-electron chi connectivity index (χ1n) is 9.03. The highest BCUT2D eigenvalue weighted by atomic mass is 16.6. The van der Waals surface area contributed by atoms with Gasteiger partial charge in [-0.05, 0) is 49.9 Å². The van der Waals surface area contributed by atoms with E-state index in [4.69, 9.17) is 4.74 Å². The molecule has 0 N–H and O–H groups in total. The third-order valence-electron chi connectivity index (χ3n) is 6.30. The molecule has 4 fully saturated rings. The van der Waals surface area contributed by atoms with Crippen LogP contribution in [0.3, 0.4) is 0 Å². The third-order valence-corrected chi connectivity index (χ3v) is 6.30. The highest BCUT2D eigenvalue weighted by Crippen LogP contribution is 2.54. The van der Waals surface area contributed by atoms with Crippen LogP contribution >= 0.6 is 0 Å². The molecule has 6 rings (SSSR count). The Morgan fingerprint density at radius 3 is 2.60 bits per heavy atom. The lowest BCUT2D eigenvalue weighted by molar-refractivity contribution is -0.0877. The zero-order valence-electron chi connectivity index (χ0n) is 14.2. The van der Waals surface area contributed by atoms with Gasteiger partial charge in [-0.3, -0.25) is 0 Å². The van der Waals surface area contributed by atoms with E-state index in [1.807, 2.05) is 0 Å². The molecule has 0 amide bonds. The number of hydrogen-bond acceptors (Lipinski definition) is 6. The van der Waals surface area contributed by atoms with Crippen molar-refractivity contribution in [1.29, 1.82) is 0 Å². The van der Waals surface area contributed by atoms with Gasteiger partial charge in [-0.2, -0.15) is 4.68 Å². The van der Waals surface area contributed by atoms with Crippen LogP contribution in [0.4, 0.5) is 0 Å². The molecule has 0 saturated heterocycles. The Morgan fingerprint density at radius 2 is 1.88 bits per heavy atom. The normalized spacial score (nSPS) is 33.6. The minimum Gasteiger partial charge on any atom is -0.454 e. The summed E-state index contributed by atoms with van der Waals surface area (Å²) in [6.45, 7) is 0. The number of fused-ring (bicyclic) bond motifs is 2. The van der Waals surface area contributed by atoms with Gasteiger partial charge in [0.05, 0.1) is 0 Å². The standard InChI is InChI=1S/C17H21N5O3/c1-21-16(24)22-9-18-13(14(22)19-20-21)15(23)25-17-6-10-2-3-11(7-17)5-12(4-10)8-17/h9-12H,2-8H2,1H3. The van der Waals surface area contributed by atoms with Crippen LogP contribution in [0.1, 0.15) is 55.4 Å². The monoisotopic (exact) mass is 343 g/mol. The molecule has 0 radical (unpaired) electrons. The predicted octanol–water partition coefficient (Wildman–Crippen LogP) is 1.34. The molecule has 8 heteroatoms. The van der Waals surface area contributed by atoms with Gasteiger partial charge in [0.1, 0.15) is 11.9 Å². The molecular weight excluding hydrogens is 322 g/mol. The number of imidazole rings is 1. The van der Waals surface area contributed by atoms with E-state index >= 15 is 0 Å². The highest BCUT2D eigenvalue weighted by molar-refractivity contribution is 5.93. The molecule has 4 bridgehead atoms. The van der Waals surface area contributed by atoms with E-state index in [1.165, 1.54) is 43.5 Å². The number of hydrogen-bond donors (Lipinski definition) is 0. The smallest absolute Gasteiger partial charge is 0.361 e. The molecule has 2 aromatic heterocycles. The molecule has 132 valence electrons. The Labute approximate surface area is 144 Å². The SMILES string of the molecule is Cn1nnc2c(C(=O)OC34CC5CCC(CC(C5)C3)C4)ncn2c1=O. The van der Waals surface area contributed by atoms with Crippen LogP contribution < -0.4 is 5.69 Å². The molecule has 2 unspecified atom stereocenters. The van der Waals surface area contributed by atoms with E-state index in [0.29, 0.717) is 17.8 Å². The molecule has 4 aliphatic carbocycles. The molecule has 2 atom stereocenters. The number of rotatable bonds is 2. The van der Waals surface area contributed by atoms with Crippen LogP contribution in [0.2, 0.25) is 0 Å². The fraction of sp³-hybridized carbons (Fsp3) is 0.706. The van der Waals surface area contributed by atoms with Gasteiger partial charge in [-0.1, -0.05) is 18.1 Å². The minimum absolute atomic E-state index is 0.0830. The van der Waals surface area contributed by atoms with Crippen LogP contribution in [0.15, 0.2) is 11.1 Å². The zero-order valence-corrected chi connectivity index (χ0v) is 14.2. The van der Waals surface area contributed by atoms with Crippen LogP contribution in [0.25, 0.3) is 5.65 Å². The van der Waals surface area contributed by atoms with Gasteiger partial charge in [0.15, 0.2) is 11.3 Å². The Hall–Kier alpha value is -2.25. The maximum atomic E-state index is 12.8. The van der Waals surface area contributed by atoms with Gasteiger partial charge >= 0.3 is 11.7 Å². The van der Waals surface area contributed by atoms with Crippen molar-refractivity contribution in [2.24, 2.45) is 24.8 Å². The van der Waals surface area contributed by atoms with Crippen LogP contribution in [-0.2, 0) is 11.8 Å². The van der Waals surface area contributed by atoms with Crippen molar-refractivity contribution in [3.8, 4) is 0 Å². The predicted molar refractivity (Wildman–Crippen MR) is 87.0 cm³/mol. The van der Waals surface area contributed by atoms with Crippen molar-refractivity contribution in [2.75, 3.05) is 0 Å². The van der Waals surface area contributed by atoms with Crippen molar-refractivity contribution in [3.63, 3.8) is 0 Å². The van der Waals surface area contributed by atoms with Gasteiger partial charge in [-0.25, -0.2) is 19.0 Å². The van der Waals surface area contributed by atoms with Gasteiger partial charge < -0.3 is 4.74 Å². The first kappa shape index (κ1) is 15.0. The summed E-state index contributed by atoms with van der Waals surface area (Å²) in [5.41, 5.74) is -0.494. The quantitative estimate of drug-likeness (QED) is 0.764. The van der Waals surface area contributed by atoms with Gasteiger partial charge in [0.2, 0.25) is 0 Å². The van der Waals surface area contributed by atoms with Crippen LogP contribution in [0, 0.1) is 17.8 Å². The number of aryl methyl sites for hydroxylation is 1. The van der Waals surface area contributed by atoms with E-state index < -0.39 is 5.97 Å². The lowest BCUT2D eigenvalue weighted by atomic mass is 9.65. The first-order chi connectivity index (χ1) is 12.0. The van der Waals surface area contributed by atoms with E-state index in [9.17, 15) is 9.59 Å². The second-order valence-electron chi connectivity index (χ2n) is 8.11. The summed E-state index contributed by atoms with van der Waals surface area (Å²) in [7, 11) is 1.51. The second kappa shape index (κ2) is 5.12. The number of carbonyl (C=O) groups is 1. The van der Waals surface area contributed by atoms with E-state index in [2.05, 4.69) is 15.3 Å². The average Bonchev–Trinajstić information content (AvgIpc) is 2.89. The Morgan fingerprint density at radius 1 is 1.20 bits per heavy atom. The lowest BCUT2D eigenvalue weighted by Gasteiger charge is -2.47. The molecule has 4 aliphatic rings. The van der Waals surface area contributed by atoms with Gasteiger partial charge in [0.25, 0.3) is 0 Å². The fourth-order valence-electron chi connectivity index (χ4n) is 5.51. The van der Waals surface area contributed by atoms with Gasteiger partial charge in [0, 0.05) is 7.05 Å². The summed E-state index contributed by atoms with van der Waals surface area (Å²) >= 11 is 0. The Bertz CT molecular complexity index is 901. The summed E-state index contributed by atoms with van der Waals surface area (Å²) in [5.74, 6) is 1.54. The van der Waals surface area contributed by atoms with Crippen LogP contribution in [0.5, 0.6) is 0 Å². The van der Waals surface area contributed by atoms with E-state index in [-0.39, 0.29) is 22.6 Å². The fourth-order valence-corrected chi connectivity index (χ4v) is 5.51. The maximum Gasteiger partial charge on any atom is 0.361 e. The molecule has 8 nitrogen and oxygen atoms in total. The highest BCUT2D eigenvalue weighted by Gasteiger charge is 2.51. The molecule has 0 aromatic carbocycles. The molecule has 2 heterocycles. The van der Waals surface area contributed by atoms with Crippen LogP contribution in [-0.4, -0.2) is 35.9 Å².